The molecule has 1 aromatic heterocycles. The van der Waals surface area contributed by atoms with E-state index in [9.17, 15) is 19.5 Å². The predicted molar refractivity (Wildman–Crippen MR) is 145 cm³/mol. The summed E-state index contributed by atoms with van der Waals surface area (Å²) in [6.45, 7) is 6.18. The summed E-state index contributed by atoms with van der Waals surface area (Å²) in [7, 11) is 0. The van der Waals surface area contributed by atoms with Crippen molar-refractivity contribution in [2.45, 2.75) is 51.9 Å². The van der Waals surface area contributed by atoms with Gasteiger partial charge in [0.05, 0.1) is 28.8 Å². The molecule has 200 valence electrons. The minimum atomic E-state index is -0.887. The van der Waals surface area contributed by atoms with Crippen LogP contribution in [0.3, 0.4) is 0 Å². The van der Waals surface area contributed by atoms with Gasteiger partial charge in [0, 0.05) is 25.1 Å². The monoisotopic (exact) mass is 536 g/mol. The second kappa shape index (κ2) is 12.2. The lowest BCUT2D eigenvalue weighted by Gasteiger charge is -2.27. The Labute approximate surface area is 225 Å². The van der Waals surface area contributed by atoms with Crippen molar-refractivity contribution < 1.29 is 24.2 Å². The molecule has 4 rings (SSSR count). The number of nitrogens with zero attached hydrogens (tertiary/aromatic N) is 2. The molecule has 3 aromatic rings. The number of hydrogen-bond donors (Lipinski definition) is 3. The molecule has 2 heterocycles. The molecule has 0 aliphatic carbocycles. The highest BCUT2D eigenvalue weighted by molar-refractivity contribution is 7.13. The van der Waals surface area contributed by atoms with Crippen molar-refractivity contribution >= 4 is 29.1 Å². The van der Waals surface area contributed by atoms with Gasteiger partial charge in [0.2, 0.25) is 11.8 Å². The first-order chi connectivity index (χ1) is 18.3. The van der Waals surface area contributed by atoms with Crippen LogP contribution in [0.5, 0.6) is 5.75 Å². The quantitative estimate of drug-likeness (QED) is 0.387. The maximum Gasteiger partial charge on any atom is 0.252 e. The van der Waals surface area contributed by atoms with E-state index in [-0.39, 0.29) is 25.4 Å². The number of amides is 3. The fourth-order valence-corrected chi connectivity index (χ4v) is 5.26. The minimum Gasteiger partial charge on any atom is -0.494 e. The number of aliphatic hydroxyl groups is 1. The lowest BCUT2D eigenvalue weighted by molar-refractivity contribution is -0.139. The number of nitrogens with one attached hydrogen (secondary N) is 2. The summed E-state index contributed by atoms with van der Waals surface area (Å²) in [6.07, 6.45) is -0.680. The minimum absolute atomic E-state index is 0.0276. The summed E-state index contributed by atoms with van der Waals surface area (Å²) in [5.41, 5.74) is 5.13. The van der Waals surface area contributed by atoms with Crippen molar-refractivity contribution in [3.8, 4) is 16.2 Å². The number of likely N-dealkylation sites (tertiary alicyclic amines) is 1. The van der Waals surface area contributed by atoms with Crippen LogP contribution in [0.15, 0.2) is 54.0 Å². The van der Waals surface area contributed by atoms with Gasteiger partial charge in [-0.2, -0.15) is 0 Å². The van der Waals surface area contributed by atoms with Gasteiger partial charge >= 0.3 is 0 Å². The third kappa shape index (κ3) is 6.38. The Hall–Kier alpha value is -3.76. The zero-order chi connectivity index (χ0) is 27.2. The Balaban J connectivity index is 1.35. The van der Waals surface area contributed by atoms with Gasteiger partial charge in [-0.15, -0.1) is 11.3 Å². The fraction of sp³-hybridized carbons (Fsp3) is 0.357. The van der Waals surface area contributed by atoms with Crippen molar-refractivity contribution in [3.63, 3.8) is 0 Å². The fourth-order valence-electron chi connectivity index (χ4n) is 4.45. The van der Waals surface area contributed by atoms with Crippen molar-refractivity contribution in [2.75, 3.05) is 13.2 Å². The van der Waals surface area contributed by atoms with Crippen LogP contribution in [0.25, 0.3) is 10.4 Å². The Morgan fingerprint density at radius 1 is 1.21 bits per heavy atom. The van der Waals surface area contributed by atoms with Crippen LogP contribution in [0.4, 0.5) is 0 Å². The number of carbonyl (C=O) groups excluding carboxylic acids is 3. The molecule has 2 aromatic carbocycles. The van der Waals surface area contributed by atoms with Crippen LogP contribution < -0.4 is 15.4 Å². The molecule has 3 N–H and O–H groups in total. The Morgan fingerprint density at radius 2 is 1.97 bits per heavy atom. The molecule has 3 atom stereocenters. The van der Waals surface area contributed by atoms with Gasteiger partial charge in [0.25, 0.3) is 5.91 Å². The summed E-state index contributed by atoms with van der Waals surface area (Å²) in [5, 5.41) is 15.8. The van der Waals surface area contributed by atoms with E-state index in [4.69, 9.17) is 4.74 Å². The van der Waals surface area contributed by atoms with Crippen molar-refractivity contribution in [3.05, 3.63) is 70.9 Å². The van der Waals surface area contributed by atoms with Gasteiger partial charge in [-0.25, -0.2) is 4.98 Å². The number of ether oxygens (including phenoxy) is 1. The molecule has 0 bridgehead atoms. The van der Waals surface area contributed by atoms with E-state index in [1.165, 1.54) is 4.90 Å². The normalized spacial score (nSPS) is 17.6. The summed E-state index contributed by atoms with van der Waals surface area (Å²) in [5.74, 6) is -0.641. The number of carbonyl (C=O) groups is 3. The van der Waals surface area contributed by atoms with E-state index in [0.717, 1.165) is 21.7 Å². The molecule has 38 heavy (non-hydrogen) atoms. The summed E-state index contributed by atoms with van der Waals surface area (Å²) < 4.78 is 5.44. The topological polar surface area (TPSA) is 121 Å². The smallest absolute Gasteiger partial charge is 0.252 e. The first-order valence-electron chi connectivity index (χ1n) is 12.6. The highest BCUT2D eigenvalue weighted by atomic mass is 32.1. The molecular weight excluding hydrogens is 504 g/mol. The summed E-state index contributed by atoms with van der Waals surface area (Å²) in [6, 6.07) is 12.9. The Bertz CT molecular complexity index is 1290. The molecule has 3 amide bonds. The number of aromatic nitrogens is 1. The van der Waals surface area contributed by atoms with Crippen LogP contribution in [0.1, 0.15) is 41.9 Å². The molecule has 0 spiro atoms. The van der Waals surface area contributed by atoms with Crippen LogP contribution in [0, 0.1) is 6.92 Å². The van der Waals surface area contributed by atoms with E-state index in [0.29, 0.717) is 17.9 Å². The molecule has 0 unspecified atom stereocenters. The first-order valence-corrected chi connectivity index (χ1v) is 13.4. The molecule has 9 nitrogen and oxygen atoms in total. The van der Waals surface area contributed by atoms with Gasteiger partial charge in [0.1, 0.15) is 17.8 Å². The van der Waals surface area contributed by atoms with E-state index in [1.807, 2.05) is 43.6 Å². The average molecular weight is 537 g/mol. The third-order valence-electron chi connectivity index (χ3n) is 6.42. The molecule has 0 saturated carbocycles. The first kappa shape index (κ1) is 27.3. The van der Waals surface area contributed by atoms with Crippen molar-refractivity contribution in [1.29, 1.82) is 0 Å². The standard InChI is InChI=1S/C28H32N4O5S/c1-4-37-23-7-5-6-21(12-23)26(34)31-18(3)28(36)32-15-22(33)13-24(32)27(35)29-14-19-8-10-20(11-9-19)25-17(2)30-16-38-25/h5-12,16,18,22,24,33H,4,13-15H2,1-3H3,(H,29,35)(H,31,34)/t18-,22+,24-/m0/s1. The zero-order valence-electron chi connectivity index (χ0n) is 21.6. The number of aryl methyl sites for hydroxylation is 1. The highest BCUT2D eigenvalue weighted by Crippen LogP contribution is 2.27. The van der Waals surface area contributed by atoms with Gasteiger partial charge in [-0.05, 0) is 50.1 Å². The Morgan fingerprint density at radius 3 is 2.66 bits per heavy atom. The lowest BCUT2D eigenvalue weighted by Crippen LogP contribution is -2.52. The second-order valence-corrected chi connectivity index (χ2v) is 10.1. The molecule has 1 saturated heterocycles. The summed E-state index contributed by atoms with van der Waals surface area (Å²) in [4.78, 5) is 45.7. The largest absolute Gasteiger partial charge is 0.494 e. The SMILES string of the molecule is CCOc1cccc(C(=O)N[C@@H](C)C(=O)N2C[C@H](O)C[C@H]2C(=O)NCc2ccc(-c3scnc3C)cc2)c1. The predicted octanol–water partition coefficient (Wildman–Crippen LogP) is 2.91. The number of thiazole rings is 1. The van der Waals surface area contributed by atoms with Gasteiger partial charge in [0.15, 0.2) is 0 Å². The van der Waals surface area contributed by atoms with E-state index >= 15 is 0 Å². The maximum atomic E-state index is 13.2. The Kier molecular flexibility index (Phi) is 8.75. The zero-order valence-corrected chi connectivity index (χ0v) is 22.5. The number of aliphatic hydroxyl groups excluding tert-OH is 1. The number of hydrogen-bond acceptors (Lipinski definition) is 7. The van der Waals surface area contributed by atoms with Crippen LogP contribution >= 0.6 is 11.3 Å². The van der Waals surface area contributed by atoms with Crippen LogP contribution in [-0.2, 0) is 16.1 Å². The van der Waals surface area contributed by atoms with E-state index in [2.05, 4.69) is 15.6 Å². The van der Waals surface area contributed by atoms with Gasteiger partial charge in [-0.1, -0.05) is 30.3 Å². The number of β-amino-alcohol motifs (C(OH)–C–C–N with tert-alkyl or cyclic N) is 1. The average Bonchev–Trinajstić information content (AvgIpc) is 3.52. The van der Waals surface area contributed by atoms with E-state index < -0.39 is 30.0 Å². The van der Waals surface area contributed by atoms with Crippen molar-refractivity contribution in [1.82, 2.24) is 20.5 Å². The van der Waals surface area contributed by atoms with E-state index in [1.54, 1.807) is 42.5 Å². The maximum absolute atomic E-state index is 13.2. The molecule has 1 fully saturated rings. The molecular formula is C28H32N4O5S. The third-order valence-corrected chi connectivity index (χ3v) is 7.40. The summed E-state index contributed by atoms with van der Waals surface area (Å²) >= 11 is 1.58. The van der Waals surface area contributed by atoms with Crippen LogP contribution in [-0.4, -0.2) is 64.1 Å². The van der Waals surface area contributed by atoms with Gasteiger partial charge in [-0.3, -0.25) is 14.4 Å². The molecule has 1 aliphatic heterocycles. The number of benzene rings is 2. The lowest BCUT2D eigenvalue weighted by atomic mass is 10.1. The van der Waals surface area contributed by atoms with Gasteiger partial charge < -0.3 is 25.4 Å². The molecule has 10 heteroatoms. The molecule has 1 aliphatic rings. The number of rotatable bonds is 9. The van der Waals surface area contributed by atoms with Crippen LogP contribution in [0.2, 0.25) is 0 Å². The second-order valence-electron chi connectivity index (χ2n) is 9.23. The highest BCUT2D eigenvalue weighted by Gasteiger charge is 2.40. The van der Waals surface area contributed by atoms with Crippen molar-refractivity contribution in [2.24, 2.45) is 0 Å². The molecule has 0 radical (unpaired) electrons.